The van der Waals surface area contributed by atoms with Gasteiger partial charge in [-0.05, 0) is 18.2 Å². The number of para-hydroxylation sites is 1. The molecule has 0 unspecified atom stereocenters. The molecule has 7 heteroatoms. The SMILES string of the molecule is COc1ccccc1CN(CCC(=O)N1CCN(c2ccccn2)CC1)C(C)=O. The molecule has 1 aliphatic heterocycles. The zero-order chi connectivity index (χ0) is 20.6. The first-order chi connectivity index (χ1) is 14.1. The fraction of sp³-hybridized carbons (Fsp3) is 0.409. The molecule has 0 aliphatic carbocycles. The van der Waals surface area contributed by atoms with E-state index in [9.17, 15) is 9.59 Å². The standard InChI is InChI=1S/C22H28N4O3/c1-18(27)26(17-19-7-3-4-8-20(19)29-2)12-10-22(28)25-15-13-24(14-16-25)21-9-5-6-11-23-21/h3-9,11H,10,12-17H2,1-2H3. The van der Waals surface area contributed by atoms with Crippen LogP contribution in [-0.2, 0) is 16.1 Å². The number of rotatable bonds is 7. The third-order valence-electron chi connectivity index (χ3n) is 5.20. The average Bonchev–Trinajstić information content (AvgIpc) is 2.77. The summed E-state index contributed by atoms with van der Waals surface area (Å²) in [5.74, 6) is 1.72. The molecule has 0 bridgehead atoms. The Morgan fingerprint density at radius 1 is 1.07 bits per heavy atom. The van der Waals surface area contributed by atoms with Crippen molar-refractivity contribution in [2.75, 3.05) is 44.7 Å². The van der Waals surface area contributed by atoms with Crippen LogP contribution >= 0.6 is 0 Å². The Bertz CT molecular complexity index is 820. The summed E-state index contributed by atoms with van der Waals surface area (Å²) in [4.78, 5) is 34.9. The fourth-order valence-corrected chi connectivity index (χ4v) is 3.50. The zero-order valence-corrected chi connectivity index (χ0v) is 17.1. The number of ether oxygens (including phenoxy) is 1. The minimum atomic E-state index is -0.0522. The molecule has 2 aromatic rings. The highest BCUT2D eigenvalue weighted by Gasteiger charge is 2.22. The molecule has 2 heterocycles. The van der Waals surface area contributed by atoms with E-state index in [4.69, 9.17) is 4.74 Å². The summed E-state index contributed by atoms with van der Waals surface area (Å²) in [6.07, 6.45) is 2.10. The van der Waals surface area contributed by atoms with Gasteiger partial charge in [0.25, 0.3) is 0 Å². The molecule has 2 amide bonds. The molecule has 1 aliphatic rings. The lowest BCUT2D eigenvalue weighted by Crippen LogP contribution is -2.49. The summed E-state index contributed by atoms with van der Waals surface area (Å²) in [5, 5.41) is 0. The Balaban J connectivity index is 1.51. The van der Waals surface area contributed by atoms with E-state index in [1.165, 1.54) is 6.92 Å². The number of anilines is 1. The predicted octanol–water partition coefficient (Wildman–Crippen LogP) is 2.18. The van der Waals surface area contributed by atoms with Crippen LogP contribution in [0.15, 0.2) is 48.7 Å². The number of methoxy groups -OCH3 is 1. The number of pyridine rings is 1. The molecule has 3 rings (SSSR count). The summed E-state index contributed by atoms with van der Waals surface area (Å²) in [5.41, 5.74) is 0.932. The topological polar surface area (TPSA) is 66.0 Å². The molecular formula is C22H28N4O3. The number of carbonyl (C=O) groups excluding carboxylic acids is 2. The van der Waals surface area contributed by atoms with E-state index in [1.807, 2.05) is 47.4 Å². The van der Waals surface area contributed by atoms with Crippen molar-refractivity contribution in [3.05, 3.63) is 54.2 Å². The first-order valence-corrected chi connectivity index (χ1v) is 9.89. The highest BCUT2D eigenvalue weighted by molar-refractivity contribution is 5.78. The van der Waals surface area contributed by atoms with Crippen LogP contribution in [0.1, 0.15) is 18.9 Å². The van der Waals surface area contributed by atoms with Gasteiger partial charge in [-0.2, -0.15) is 0 Å². The van der Waals surface area contributed by atoms with Crippen LogP contribution < -0.4 is 9.64 Å². The van der Waals surface area contributed by atoms with Crippen LogP contribution in [-0.4, -0.2) is 66.4 Å². The molecule has 7 nitrogen and oxygen atoms in total. The third-order valence-corrected chi connectivity index (χ3v) is 5.20. The molecule has 1 fully saturated rings. The van der Waals surface area contributed by atoms with Gasteiger partial charge in [0.15, 0.2) is 0 Å². The van der Waals surface area contributed by atoms with E-state index in [-0.39, 0.29) is 11.8 Å². The van der Waals surface area contributed by atoms with E-state index in [0.29, 0.717) is 32.6 Å². The van der Waals surface area contributed by atoms with Gasteiger partial charge in [-0.15, -0.1) is 0 Å². The van der Waals surface area contributed by atoms with Crippen LogP contribution in [0.5, 0.6) is 5.75 Å². The zero-order valence-electron chi connectivity index (χ0n) is 17.1. The summed E-state index contributed by atoms with van der Waals surface area (Å²) >= 11 is 0. The maximum atomic E-state index is 12.7. The number of benzene rings is 1. The molecule has 0 atom stereocenters. The maximum Gasteiger partial charge on any atom is 0.224 e. The molecule has 0 spiro atoms. The molecule has 1 aromatic heterocycles. The van der Waals surface area contributed by atoms with Crippen molar-refractivity contribution in [3.8, 4) is 5.75 Å². The van der Waals surface area contributed by atoms with Crippen LogP contribution in [0.25, 0.3) is 0 Å². The Hall–Kier alpha value is -3.09. The van der Waals surface area contributed by atoms with Crippen molar-refractivity contribution in [2.24, 2.45) is 0 Å². The largest absolute Gasteiger partial charge is 0.496 e. The van der Waals surface area contributed by atoms with Gasteiger partial charge in [0, 0.05) is 64.4 Å². The predicted molar refractivity (Wildman–Crippen MR) is 112 cm³/mol. The molecule has 1 saturated heterocycles. The van der Waals surface area contributed by atoms with E-state index in [2.05, 4.69) is 9.88 Å². The molecule has 0 N–H and O–H groups in total. The van der Waals surface area contributed by atoms with E-state index in [0.717, 1.165) is 30.2 Å². The van der Waals surface area contributed by atoms with Crippen molar-refractivity contribution in [2.45, 2.75) is 19.9 Å². The van der Waals surface area contributed by atoms with Crippen molar-refractivity contribution >= 4 is 17.6 Å². The van der Waals surface area contributed by atoms with Gasteiger partial charge in [0.1, 0.15) is 11.6 Å². The number of aromatic nitrogens is 1. The fourth-order valence-electron chi connectivity index (χ4n) is 3.50. The second kappa shape index (κ2) is 9.91. The lowest BCUT2D eigenvalue weighted by Gasteiger charge is -2.35. The number of amides is 2. The molecule has 0 radical (unpaired) electrons. The molecule has 0 saturated carbocycles. The number of hydrogen-bond acceptors (Lipinski definition) is 5. The van der Waals surface area contributed by atoms with Gasteiger partial charge in [0.2, 0.25) is 11.8 Å². The molecule has 1 aromatic carbocycles. The van der Waals surface area contributed by atoms with Crippen molar-refractivity contribution in [1.82, 2.24) is 14.8 Å². The minimum Gasteiger partial charge on any atom is -0.496 e. The maximum absolute atomic E-state index is 12.7. The number of nitrogens with zero attached hydrogens (tertiary/aromatic N) is 4. The minimum absolute atomic E-state index is 0.0522. The normalized spacial score (nSPS) is 13.9. The average molecular weight is 396 g/mol. The van der Waals surface area contributed by atoms with Gasteiger partial charge in [-0.1, -0.05) is 24.3 Å². The van der Waals surface area contributed by atoms with E-state index in [1.54, 1.807) is 18.2 Å². The smallest absolute Gasteiger partial charge is 0.224 e. The second-order valence-electron chi connectivity index (χ2n) is 7.06. The Labute approximate surface area is 171 Å². The van der Waals surface area contributed by atoms with Crippen LogP contribution in [0, 0.1) is 0 Å². The number of piperazine rings is 1. The van der Waals surface area contributed by atoms with Gasteiger partial charge in [0.05, 0.1) is 7.11 Å². The first kappa shape index (κ1) is 20.6. The summed E-state index contributed by atoms with van der Waals surface area (Å²) < 4.78 is 5.37. The second-order valence-corrected chi connectivity index (χ2v) is 7.06. The van der Waals surface area contributed by atoms with Crippen molar-refractivity contribution in [3.63, 3.8) is 0 Å². The van der Waals surface area contributed by atoms with Crippen LogP contribution in [0.3, 0.4) is 0 Å². The monoisotopic (exact) mass is 396 g/mol. The van der Waals surface area contributed by atoms with E-state index < -0.39 is 0 Å². The quantitative estimate of drug-likeness (QED) is 0.718. The highest BCUT2D eigenvalue weighted by Crippen LogP contribution is 2.20. The van der Waals surface area contributed by atoms with Crippen LogP contribution in [0.2, 0.25) is 0 Å². The Morgan fingerprint density at radius 2 is 1.79 bits per heavy atom. The highest BCUT2D eigenvalue weighted by atomic mass is 16.5. The van der Waals surface area contributed by atoms with Gasteiger partial charge >= 0.3 is 0 Å². The molecule has 154 valence electrons. The van der Waals surface area contributed by atoms with Crippen LogP contribution in [0.4, 0.5) is 5.82 Å². The summed E-state index contributed by atoms with van der Waals surface area (Å²) in [7, 11) is 1.62. The Morgan fingerprint density at radius 3 is 2.45 bits per heavy atom. The first-order valence-electron chi connectivity index (χ1n) is 9.89. The lowest BCUT2D eigenvalue weighted by atomic mass is 10.1. The summed E-state index contributed by atoms with van der Waals surface area (Å²) in [6.45, 7) is 5.23. The van der Waals surface area contributed by atoms with Crippen molar-refractivity contribution in [1.29, 1.82) is 0 Å². The lowest BCUT2D eigenvalue weighted by molar-refractivity contribution is -0.134. The third kappa shape index (κ3) is 5.47. The molecule has 29 heavy (non-hydrogen) atoms. The van der Waals surface area contributed by atoms with Gasteiger partial charge < -0.3 is 19.4 Å². The molecular weight excluding hydrogens is 368 g/mol. The van der Waals surface area contributed by atoms with Crippen molar-refractivity contribution < 1.29 is 14.3 Å². The van der Waals surface area contributed by atoms with E-state index >= 15 is 0 Å². The number of carbonyl (C=O) groups is 2. The Kier molecular flexibility index (Phi) is 7.05. The number of hydrogen-bond donors (Lipinski definition) is 0. The van der Waals surface area contributed by atoms with Gasteiger partial charge in [-0.25, -0.2) is 4.98 Å². The summed E-state index contributed by atoms with van der Waals surface area (Å²) in [6, 6.07) is 13.5. The van der Waals surface area contributed by atoms with Gasteiger partial charge in [-0.3, -0.25) is 9.59 Å².